The number of benzene rings is 1. The highest BCUT2D eigenvalue weighted by atomic mass is 16.5. The van der Waals surface area contributed by atoms with Crippen molar-refractivity contribution in [2.75, 3.05) is 20.2 Å². The molecule has 1 N–H and O–H groups in total. The van der Waals surface area contributed by atoms with E-state index in [0.717, 1.165) is 47.8 Å². The van der Waals surface area contributed by atoms with Crippen LogP contribution in [-0.2, 0) is 0 Å². The van der Waals surface area contributed by atoms with Crippen LogP contribution in [0.5, 0.6) is 5.75 Å². The largest absolute Gasteiger partial charge is 0.492 e. The molecule has 0 bridgehead atoms. The Morgan fingerprint density at radius 1 is 1.00 bits per heavy atom. The number of hydrogen-bond donors (Lipinski definition) is 1. The van der Waals surface area contributed by atoms with Crippen molar-refractivity contribution < 1.29 is 4.74 Å². The summed E-state index contributed by atoms with van der Waals surface area (Å²) < 4.78 is 5.44. The summed E-state index contributed by atoms with van der Waals surface area (Å²) in [6, 6.07) is 8.08. The van der Waals surface area contributed by atoms with E-state index in [0.29, 0.717) is 0 Å². The molecule has 0 heterocycles. The number of aryl methyl sites for hydroxylation is 1. The Bertz CT molecular complexity index is 731. The molecule has 0 aliphatic heterocycles. The van der Waals surface area contributed by atoms with Gasteiger partial charge in [0.1, 0.15) is 12.4 Å². The van der Waals surface area contributed by atoms with E-state index in [1.807, 2.05) is 106 Å². The first-order valence-electron chi connectivity index (χ1n) is 12.9. The molecule has 0 aliphatic rings. The molecule has 3 heteroatoms. The second-order valence-corrected chi connectivity index (χ2v) is 7.01. The first kappa shape index (κ1) is 39.6. The predicted octanol–water partition coefficient (Wildman–Crippen LogP) is 9.68. The second kappa shape index (κ2) is 31.4. The number of likely N-dealkylation sites (N-methyl/N-ethyl adjacent to an activating group) is 1. The maximum Gasteiger partial charge on any atom is 0.119 e. The van der Waals surface area contributed by atoms with Crippen LogP contribution in [0.25, 0.3) is 0 Å². The van der Waals surface area contributed by atoms with Gasteiger partial charge in [0.05, 0.1) is 0 Å². The lowest BCUT2D eigenvalue weighted by Crippen LogP contribution is -2.15. The van der Waals surface area contributed by atoms with Crippen LogP contribution < -0.4 is 10.1 Å². The minimum Gasteiger partial charge on any atom is -0.492 e. The van der Waals surface area contributed by atoms with Crippen LogP contribution >= 0.6 is 0 Å². The minimum atomic E-state index is 0.722. The summed E-state index contributed by atoms with van der Waals surface area (Å²) in [6.45, 7) is 31.4. The van der Waals surface area contributed by atoms with Gasteiger partial charge in [0.25, 0.3) is 0 Å². The van der Waals surface area contributed by atoms with Gasteiger partial charge in [-0.25, -0.2) is 0 Å². The predicted molar refractivity (Wildman–Crippen MR) is 164 cm³/mol. The van der Waals surface area contributed by atoms with Crippen molar-refractivity contribution in [1.29, 1.82) is 0 Å². The Labute approximate surface area is 219 Å². The Balaban J connectivity index is -0.000000214. The van der Waals surface area contributed by atoms with E-state index in [9.17, 15) is 0 Å². The van der Waals surface area contributed by atoms with Gasteiger partial charge in [0.15, 0.2) is 0 Å². The van der Waals surface area contributed by atoms with E-state index in [1.165, 1.54) is 5.56 Å². The quantitative estimate of drug-likeness (QED) is 0.164. The molecule has 0 saturated heterocycles. The van der Waals surface area contributed by atoms with Crippen LogP contribution in [0.3, 0.4) is 0 Å². The van der Waals surface area contributed by atoms with Crippen molar-refractivity contribution in [3.63, 3.8) is 0 Å². The average molecular weight is 485 g/mol. The fraction of sp³-hybridized carbons (Fsp3) is 0.469. The van der Waals surface area contributed by atoms with Gasteiger partial charge in [-0.05, 0) is 83.9 Å². The minimum absolute atomic E-state index is 0.722. The van der Waals surface area contributed by atoms with Crippen molar-refractivity contribution in [3.05, 3.63) is 90.2 Å². The lowest BCUT2D eigenvalue weighted by atomic mass is 10.1. The third kappa shape index (κ3) is 27.5. The number of nitrogens with one attached hydrogen (secondary N) is 1. The zero-order chi connectivity index (χ0) is 28.1. The molecule has 0 aromatic heterocycles. The van der Waals surface area contributed by atoms with Crippen molar-refractivity contribution in [1.82, 2.24) is 5.32 Å². The molecule has 1 rings (SSSR count). The molecule has 0 amide bonds. The summed E-state index contributed by atoms with van der Waals surface area (Å²) in [4.78, 5) is 4.34. The Morgan fingerprint density at radius 3 is 1.89 bits per heavy atom. The number of hydrogen-bond acceptors (Lipinski definition) is 3. The fourth-order valence-electron chi connectivity index (χ4n) is 1.91. The van der Waals surface area contributed by atoms with Gasteiger partial charge in [0, 0.05) is 18.5 Å². The lowest BCUT2D eigenvalue weighted by Gasteiger charge is -2.04. The third-order valence-corrected chi connectivity index (χ3v) is 4.14. The van der Waals surface area contributed by atoms with Crippen molar-refractivity contribution in [3.8, 4) is 5.75 Å². The molecule has 0 spiro atoms. The zero-order valence-electron chi connectivity index (χ0n) is 25.1. The first-order valence-corrected chi connectivity index (χ1v) is 12.9. The van der Waals surface area contributed by atoms with Gasteiger partial charge < -0.3 is 10.1 Å². The van der Waals surface area contributed by atoms with Crippen LogP contribution in [0.2, 0.25) is 0 Å². The van der Waals surface area contributed by atoms with E-state index in [2.05, 4.69) is 55.5 Å². The monoisotopic (exact) mass is 484 g/mol. The molecule has 0 atom stereocenters. The second-order valence-electron chi connectivity index (χ2n) is 7.01. The summed E-state index contributed by atoms with van der Waals surface area (Å²) in [5, 5.41) is 3.02. The molecule has 35 heavy (non-hydrogen) atoms. The van der Waals surface area contributed by atoms with Crippen molar-refractivity contribution in [2.45, 2.75) is 82.6 Å². The summed E-state index contributed by atoms with van der Waals surface area (Å²) in [5.74, 6) is 0.941. The lowest BCUT2D eigenvalue weighted by molar-refractivity contribution is 0.318. The van der Waals surface area contributed by atoms with Crippen LogP contribution in [-0.4, -0.2) is 25.9 Å². The van der Waals surface area contributed by atoms with E-state index in [1.54, 1.807) is 0 Å². The Kier molecular flexibility index (Phi) is 35.4. The highest BCUT2D eigenvalue weighted by Crippen LogP contribution is 2.12. The van der Waals surface area contributed by atoms with Crippen molar-refractivity contribution >= 4 is 5.71 Å². The van der Waals surface area contributed by atoms with Gasteiger partial charge in [-0.2, -0.15) is 0 Å². The third-order valence-electron chi connectivity index (χ3n) is 4.14. The normalized spacial score (nSPS) is 10.8. The Morgan fingerprint density at radius 2 is 1.51 bits per heavy atom. The molecule has 0 radical (unpaired) electrons. The average Bonchev–Trinajstić information content (AvgIpc) is 2.89. The number of aliphatic imine (C=N–C) groups is 1. The van der Waals surface area contributed by atoms with Crippen LogP contribution in [0.1, 0.15) is 81.2 Å². The van der Waals surface area contributed by atoms with E-state index >= 15 is 0 Å². The highest BCUT2D eigenvalue weighted by molar-refractivity contribution is 5.97. The molecule has 0 fully saturated rings. The Hall–Kier alpha value is -2.65. The summed E-state index contributed by atoms with van der Waals surface area (Å²) in [6.07, 6.45) is 10.9. The molecule has 0 aliphatic carbocycles. The molecular weight excluding hydrogens is 428 g/mol. The summed E-state index contributed by atoms with van der Waals surface area (Å²) in [5.41, 5.74) is 5.51. The van der Waals surface area contributed by atoms with Gasteiger partial charge >= 0.3 is 0 Å². The van der Waals surface area contributed by atoms with Crippen LogP contribution in [0.4, 0.5) is 0 Å². The van der Waals surface area contributed by atoms with Gasteiger partial charge in [-0.15, -0.1) is 0 Å². The van der Waals surface area contributed by atoms with Gasteiger partial charge in [-0.1, -0.05) is 89.8 Å². The summed E-state index contributed by atoms with van der Waals surface area (Å²) >= 11 is 0. The zero-order valence-corrected chi connectivity index (χ0v) is 25.1. The van der Waals surface area contributed by atoms with E-state index in [4.69, 9.17) is 4.74 Å². The van der Waals surface area contributed by atoms with Crippen molar-refractivity contribution in [2.24, 2.45) is 4.99 Å². The van der Waals surface area contributed by atoms with Crippen LogP contribution in [0, 0.1) is 6.92 Å². The van der Waals surface area contributed by atoms with Gasteiger partial charge in [0.2, 0.25) is 0 Å². The number of nitrogens with zero attached hydrogens (tertiary/aromatic N) is 1. The number of allylic oxidation sites excluding steroid dienone is 7. The smallest absolute Gasteiger partial charge is 0.119 e. The molecular formula is C32H56N2O. The number of ether oxygens (including phenoxy) is 1. The topological polar surface area (TPSA) is 33.6 Å². The summed E-state index contributed by atoms with van der Waals surface area (Å²) in [7, 11) is 1.92. The SMILES string of the molecule is C/C=C\C.C=CC(=C\CC)/C(C)=C/N=C(C)C(=C)C.CC.CC.CNCCOc1ccc(C)cc1. The molecule has 0 unspecified atom stereocenters. The molecule has 200 valence electrons. The van der Waals surface area contributed by atoms with E-state index in [-0.39, 0.29) is 0 Å². The molecule has 1 aromatic carbocycles. The standard InChI is InChI=1S/C14H21N.C10H15NO.C4H8.2C2H6/c1-7-9-14(8-2)12(5)10-15-13(6)11(3)4;1-9-3-5-10(6-4-9)12-8-7-11-2;1-3-4-2;2*1-2/h8-10H,2-3,7H2,1,4-6H3;3-6,11H,7-8H2,1-2H3;3-4H,1-2H3;2*1-2H3/b12-10+,14-9+,15-13?;;4-3-;;. The fourth-order valence-corrected chi connectivity index (χ4v) is 1.91. The first-order chi connectivity index (χ1) is 16.8. The van der Waals surface area contributed by atoms with Crippen LogP contribution in [0.15, 0.2) is 89.6 Å². The maximum absolute atomic E-state index is 5.44. The maximum atomic E-state index is 5.44. The highest BCUT2D eigenvalue weighted by Gasteiger charge is 1.94. The molecule has 3 nitrogen and oxygen atoms in total. The molecule has 0 saturated carbocycles. The molecule has 1 aromatic rings. The number of rotatable bonds is 9. The van der Waals surface area contributed by atoms with Gasteiger partial charge in [-0.3, -0.25) is 4.99 Å². The van der Waals surface area contributed by atoms with E-state index < -0.39 is 0 Å².